The number of nitrogens with one attached hydrogen (secondary N) is 2. The molecule has 18 nitrogen and oxygen atoms in total. The smallest absolute Gasteiger partial charge is 0.274 e. The molecule has 5 aliphatic heterocycles. The average molecular weight is 994 g/mol. The highest BCUT2D eigenvalue weighted by molar-refractivity contribution is 7.99. The van der Waals surface area contributed by atoms with Crippen LogP contribution < -0.4 is 36.0 Å². The first-order valence-corrected chi connectivity index (χ1v) is 25.5. The van der Waals surface area contributed by atoms with Crippen LogP contribution in [0.15, 0.2) is 95.1 Å². The lowest BCUT2D eigenvalue weighted by molar-refractivity contribution is -0.137. The van der Waals surface area contributed by atoms with Gasteiger partial charge in [0.1, 0.15) is 22.7 Å². The van der Waals surface area contributed by atoms with Gasteiger partial charge in [0.05, 0.1) is 18.1 Å². The summed E-state index contributed by atoms with van der Waals surface area (Å²) in [5, 5.41) is 14.9. The van der Waals surface area contributed by atoms with E-state index < -0.39 is 11.9 Å². The van der Waals surface area contributed by atoms with Gasteiger partial charge in [0.15, 0.2) is 11.5 Å². The van der Waals surface area contributed by atoms with Crippen molar-refractivity contribution in [2.45, 2.75) is 73.0 Å². The monoisotopic (exact) mass is 993 g/mol. The topological polar surface area (TPSA) is 206 Å². The number of piperidine rings is 2. The van der Waals surface area contributed by atoms with Crippen LogP contribution in [-0.2, 0) is 20.9 Å². The van der Waals surface area contributed by atoms with Gasteiger partial charge in [-0.05, 0) is 110 Å². The molecule has 4 saturated heterocycles. The maximum atomic E-state index is 15.8. The molecule has 4 N–H and O–H groups in total. The Kier molecular flexibility index (Phi) is 12.7. The Morgan fingerprint density at radius 3 is 2.29 bits per heavy atom. The molecule has 5 aromatic rings. The zero-order valence-corrected chi connectivity index (χ0v) is 40.8. The van der Waals surface area contributed by atoms with Crippen molar-refractivity contribution in [1.29, 1.82) is 0 Å². The van der Waals surface area contributed by atoms with Gasteiger partial charge in [-0.2, -0.15) is 0 Å². The Balaban J connectivity index is 0.622. The Morgan fingerprint density at radius 1 is 0.806 bits per heavy atom. The standard InChI is InChI=1S/C52H56FN13O5S/c1-52(54)13-15-63(16-14-52)45-29-56-47(30-55-45)72-36-4-2-3-34(27-36)57-48(68)39-28-38(39)32-5-9-42(40(53)26-32)62-19-21-64(22-20-62)44-11-8-41(59-60-44)51(71)65-23-17-61(18-24-65)35-6-7-37-33(25-35)31-66(50(37)70)43-10-12-46(67)58-49(43)69/h2-9,11,25-27,29-30,38-39,43H,10,12-24,28,31,54H2,1H3,(H,57,68)(H,58,67,69)/t38-,39+,43?/m1/s1. The van der Waals surface area contributed by atoms with E-state index in [9.17, 15) is 24.0 Å². The molecule has 0 bridgehead atoms. The first-order valence-electron chi connectivity index (χ1n) is 24.7. The lowest BCUT2D eigenvalue weighted by atomic mass is 9.91. The molecule has 5 fully saturated rings. The molecule has 3 atom stereocenters. The van der Waals surface area contributed by atoms with Gasteiger partial charge in [-0.25, -0.2) is 14.4 Å². The fourth-order valence-electron chi connectivity index (χ4n) is 10.5. The molecule has 1 aliphatic carbocycles. The first kappa shape index (κ1) is 47.2. The zero-order chi connectivity index (χ0) is 49.7. The van der Waals surface area contributed by atoms with Crippen LogP contribution in [0, 0.1) is 11.7 Å². The van der Waals surface area contributed by atoms with Crippen LogP contribution in [0.5, 0.6) is 0 Å². The quantitative estimate of drug-likeness (QED) is 0.154. The number of nitrogens with zero attached hydrogens (tertiary/aromatic N) is 10. The molecule has 5 amide bonds. The minimum Gasteiger partial charge on any atom is -0.368 e. The second-order valence-corrected chi connectivity index (χ2v) is 21.0. The minimum atomic E-state index is -0.666. The van der Waals surface area contributed by atoms with Crippen molar-refractivity contribution in [3.05, 3.63) is 113 Å². The number of anilines is 5. The summed E-state index contributed by atoms with van der Waals surface area (Å²) >= 11 is 1.48. The molecular weight excluding hydrogens is 938 g/mol. The van der Waals surface area contributed by atoms with Crippen molar-refractivity contribution >= 4 is 70.0 Å². The highest BCUT2D eigenvalue weighted by Gasteiger charge is 2.44. The van der Waals surface area contributed by atoms with Crippen LogP contribution in [-0.4, -0.2) is 137 Å². The van der Waals surface area contributed by atoms with Gasteiger partial charge in [0.25, 0.3) is 11.8 Å². The predicted molar refractivity (Wildman–Crippen MR) is 270 cm³/mol. The predicted octanol–water partition coefficient (Wildman–Crippen LogP) is 4.67. The Labute approximate surface area is 420 Å². The van der Waals surface area contributed by atoms with E-state index in [1.807, 2.05) is 59.5 Å². The van der Waals surface area contributed by atoms with Crippen LogP contribution in [0.3, 0.4) is 0 Å². The number of imide groups is 1. The maximum absolute atomic E-state index is 15.8. The van der Waals surface area contributed by atoms with E-state index in [1.54, 1.807) is 40.4 Å². The van der Waals surface area contributed by atoms with Gasteiger partial charge in [0.2, 0.25) is 17.7 Å². The maximum Gasteiger partial charge on any atom is 0.274 e. The Morgan fingerprint density at radius 2 is 1.57 bits per heavy atom. The van der Waals surface area contributed by atoms with Gasteiger partial charge < -0.3 is 40.4 Å². The molecule has 0 spiro atoms. The van der Waals surface area contributed by atoms with Gasteiger partial charge in [0, 0.05) is 112 Å². The highest BCUT2D eigenvalue weighted by atomic mass is 32.2. The van der Waals surface area contributed by atoms with Crippen molar-refractivity contribution in [3.63, 3.8) is 0 Å². The SMILES string of the molecule is CC1(N)CCN(c2cnc(Sc3cccc(NC(=O)[C@H]4C[C@@H]4c4ccc(N5CCN(c6ccc(C(=O)N7CCN(c8ccc9c(c8)CN(C8CCC(=O)NC8=O)C9=O)CC7)nn6)CC5)c(F)c4)c3)cn2)CC1. The number of amides is 5. The van der Waals surface area contributed by atoms with E-state index >= 15 is 4.39 Å². The molecule has 372 valence electrons. The average Bonchev–Trinajstić information content (AvgIpc) is 4.14. The first-order chi connectivity index (χ1) is 34.8. The van der Waals surface area contributed by atoms with Gasteiger partial charge in [-0.3, -0.25) is 29.3 Å². The number of carbonyl (C=O) groups excluding carboxylic acids is 5. The Bertz CT molecular complexity index is 2920. The number of carbonyl (C=O) groups is 5. The lowest BCUT2D eigenvalue weighted by Crippen LogP contribution is -2.52. The molecule has 1 saturated carbocycles. The van der Waals surface area contributed by atoms with E-state index in [1.165, 1.54) is 11.8 Å². The van der Waals surface area contributed by atoms with Crippen molar-refractivity contribution in [2.24, 2.45) is 11.7 Å². The molecule has 20 heteroatoms. The molecule has 7 heterocycles. The summed E-state index contributed by atoms with van der Waals surface area (Å²) in [6.07, 6.45) is 6.57. The van der Waals surface area contributed by atoms with Crippen molar-refractivity contribution < 1.29 is 28.4 Å². The van der Waals surface area contributed by atoms with E-state index in [4.69, 9.17) is 5.73 Å². The number of fused-ring (bicyclic) bond motifs is 1. The zero-order valence-electron chi connectivity index (χ0n) is 40.0. The fraction of sp³-hybridized carbons (Fsp3) is 0.404. The lowest BCUT2D eigenvalue weighted by Gasteiger charge is -2.37. The van der Waals surface area contributed by atoms with Crippen molar-refractivity contribution in [2.75, 3.05) is 90.4 Å². The number of benzene rings is 3. The van der Waals surface area contributed by atoms with Crippen LogP contribution in [0.25, 0.3) is 0 Å². The van der Waals surface area contributed by atoms with Crippen LogP contribution in [0.2, 0.25) is 0 Å². The van der Waals surface area contributed by atoms with E-state index in [2.05, 4.69) is 52.4 Å². The number of halogens is 1. The van der Waals surface area contributed by atoms with Crippen molar-refractivity contribution in [3.8, 4) is 0 Å². The second-order valence-electron chi connectivity index (χ2n) is 19.9. The summed E-state index contributed by atoms with van der Waals surface area (Å²) in [5.74, 6) is -0.358. The van der Waals surface area contributed by atoms with Crippen LogP contribution >= 0.6 is 11.8 Å². The molecule has 11 rings (SSSR count). The number of rotatable bonds is 11. The van der Waals surface area contributed by atoms with Crippen LogP contribution in [0.4, 0.5) is 33.1 Å². The van der Waals surface area contributed by atoms with Gasteiger partial charge in [-0.1, -0.05) is 23.9 Å². The third kappa shape index (κ3) is 9.88. The number of piperazine rings is 2. The molecule has 2 aromatic heterocycles. The van der Waals surface area contributed by atoms with Gasteiger partial charge in [-0.15, -0.1) is 10.2 Å². The summed E-state index contributed by atoms with van der Waals surface area (Å²) < 4.78 is 15.8. The van der Waals surface area contributed by atoms with E-state index in [0.29, 0.717) is 94.5 Å². The number of hydrogen-bond acceptors (Lipinski definition) is 15. The third-order valence-electron chi connectivity index (χ3n) is 14.9. The number of aromatic nitrogens is 4. The van der Waals surface area contributed by atoms with Crippen LogP contribution in [0.1, 0.15) is 76.9 Å². The molecule has 3 aromatic carbocycles. The summed E-state index contributed by atoms with van der Waals surface area (Å²) in [7, 11) is 0. The second kappa shape index (κ2) is 19.4. The number of hydrogen-bond donors (Lipinski definition) is 3. The third-order valence-corrected chi connectivity index (χ3v) is 15.9. The summed E-state index contributed by atoms with van der Waals surface area (Å²) in [6, 6.07) is 21.5. The summed E-state index contributed by atoms with van der Waals surface area (Å²) in [5.41, 5.74) is 10.8. The molecule has 72 heavy (non-hydrogen) atoms. The Hall–Kier alpha value is -7.19. The largest absolute Gasteiger partial charge is 0.368 e. The van der Waals surface area contributed by atoms with Crippen molar-refractivity contribution in [1.82, 2.24) is 35.3 Å². The number of nitrogens with two attached hydrogens (primary N) is 1. The highest BCUT2D eigenvalue weighted by Crippen LogP contribution is 2.49. The summed E-state index contributed by atoms with van der Waals surface area (Å²) in [6.45, 7) is 8.57. The van der Waals surface area contributed by atoms with E-state index in [0.717, 1.165) is 58.5 Å². The molecule has 1 unspecified atom stereocenters. The minimum absolute atomic E-state index is 0.0549. The molecule has 6 aliphatic rings. The summed E-state index contributed by atoms with van der Waals surface area (Å²) in [4.78, 5) is 86.2. The molecular formula is C52H56FN13O5S. The van der Waals surface area contributed by atoms with E-state index in [-0.39, 0.29) is 58.9 Å². The normalized spacial score (nSPS) is 21.9. The van der Waals surface area contributed by atoms with Gasteiger partial charge >= 0.3 is 0 Å². The fourth-order valence-corrected chi connectivity index (χ4v) is 11.3. The molecule has 0 radical (unpaired) electrons.